The van der Waals surface area contributed by atoms with Crippen molar-refractivity contribution in [3.8, 4) is 0 Å². The van der Waals surface area contributed by atoms with Crippen LogP contribution in [0.15, 0.2) is 18.3 Å². The molecule has 0 saturated heterocycles. The van der Waals surface area contributed by atoms with Gasteiger partial charge in [-0.05, 0) is 12.1 Å². The smallest absolute Gasteiger partial charge is 0.149 e. The van der Waals surface area contributed by atoms with Crippen molar-refractivity contribution in [3.63, 3.8) is 0 Å². The van der Waals surface area contributed by atoms with Crippen molar-refractivity contribution < 1.29 is 8.42 Å². The van der Waals surface area contributed by atoms with Gasteiger partial charge in [-0.25, -0.2) is 8.42 Å². The average Bonchev–Trinajstić information content (AvgIpc) is 2.25. The minimum atomic E-state index is -2.98. The summed E-state index contributed by atoms with van der Waals surface area (Å²) in [6.45, 7) is 0.389. The van der Waals surface area contributed by atoms with E-state index in [0.717, 1.165) is 5.69 Å². The van der Waals surface area contributed by atoms with E-state index in [9.17, 15) is 8.42 Å². The molecule has 0 atom stereocenters. The largest absolute Gasteiger partial charge is 0.382 e. The minimum Gasteiger partial charge on any atom is -0.382 e. The summed E-state index contributed by atoms with van der Waals surface area (Å²) in [6.07, 6.45) is 2.75. The fourth-order valence-electron chi connectivity index (χ4n) is 1.24. The van der Waals surface area contributed by atoms with Crippen LogP contribution in [0.5, 0.6) is 0 Å². The molecule has 1 aromatic rings. The van der Waals surface area contributed by atoms with Crippen molar-refractivity contribution in [1.82, 2.24) is 4.98 Å². The van der Waals surface area contributed by atoms with E-state index in [-0.39, 0.29) is 11.6 Å². The summed E-state index contributed by atoms with van der Waals surface area (Å²) in [5.74, 6) is -0.0234. The summed E-state index contributed by atoms with van der Waals surface area (Å²) < 4.78 is 22.1. The van der Waals surface area contributed by atoms with Crippen molar-refractivity contribution in [2.75, 3.05) is 30.5 Å². The Morgan fingerprint density at radius 1 is 1.59 bits per heavy atom. The van der Waals surface area contributed by atoms with E-state index < -0.39 is 9.84 Å². The number of amidine groups is 1. The number of pyridine rings is 1. The number of sulfone groups is 1. The van der Waals surface area contributed by atoms with E-state index in [0.29, 0.717) is 12.2 Å². The molecule has 0 aromatic carbocycles. The van der Waals surface area contributed by atoms with Crippen LogP contribution in [0.1, 0.15) is 5.69 Å². The Kier molecular flexibility index (Phi) is 4.06. The molecule has 17 heavy (non-hydrogen) atoms. The maximum Gasteiger partial charge on any atom is 0.149 e. The first kappa shape index (κ1) is 13.4. The van der Waals surface area contributed by atoms with Gasteiger partial charge in [0.1, 0.15) is 21.4 Å². The standard InChI is InChI=1S/C10H16N4O2S/c1-14(5-6-17(2,15)16)8-3-4-13-9(7-8)10(11)12/h3-4,7H,5-6H2,1-2H3,(H3,11,12). The molecule has 0 aliphatic carbocycles. The Morgan fingerprint density at radius 2 is 2.24 bits per heavy atom. The molecular weight excluding hydrogens is 240 g/mol. The number of aromatic nitrogens is 1. The van der Waals surface area contributed by atoms with E-state index in [4.69, 9.17) is 11.1 Å². The molecular formula is C10H16N4O2S. The normalized spacial score (nSPS) is 11.2. The molecule has 94 valence electrons. The number of nitrogens with two attached hydrogens (primary N) is 1. The summed E-state index contributed by atoms with van der Waals surface area (Å²) in [6, 6.07) is 3.40. The van der Waals surface area contributed by atoms with Crippen molar-refractivity contribution in [2.24, 2.45) is 5.73 Å². The first-order chi connectivity index (χ1) is 7.79. The summed E-state index contributed by atoms with van der Waals surface area (Å²) in [7, 11) is -1.20. The van der Waals surface area contributed by atoms with Crippen molar-refractivity contribution >= 4 is 21.4 Å². The van der Waals surface area contributed by atoms with Gasteiger partial charge in [0.05, 0.1) is 5.75 Å². The van der Waals surface area contributed by atoms with Gasteiger partial charge in [-0.2, -0.15) is 0 Å². The lowest BCUT2D eigenvalue weighted by atomic mass is 10.3. The molecule has 7 heteroatoms. The first-order valence-electron chi connectivity index (χ1n) is 4.99. The van der Waals surface area contributed by atoms with Crippen LogP contribution in [0, 0.1) is 5.41 Å². The fraction of sp³-hybridized carbons (Fsp3) is 0.400. The molecule has 0 unspecified atom stereocenters. The molecule has 3 N–H and O–H groups in total. The monoisotopic (exact) mass is 256 g/mol. The highest BCUT2D eigenvalue weighted by atomic mass is 32.2. The molecule has 1 aromatic heterocycles. The van der Waals surface area contributed by atoms with Gasteiger partial charge < -0.3 is 10.6 Å². The fourth-order valence-corrected chi connectivity index (χ4v) is 1.84. The van der Waals surface area contributed by atoms with Gasteiger partial charge in [0.25, 0.3) is 0 Å². The topological polar surface area (TPSA) is 100 Å². The van der Waals surface area contributed by atoms with Crippen LogP contribution in [0.3, 0.4) is 0 Å². The third-order valence-corrected chi connectivity index (χ3v) is 3.18. The predicted octanol–water partition coefficient (Wildman–Crippen LogP) is -0.154. The summed E-state index contributed by atoms with van der Waals surface area (Å²) in [4.78, 5) is 5.72. The van der Waals surface area contributed by atoms with Crippen molar-refractivity contribution in [1.29, 1.82) is 5.41 Å². The number of nitrogens with one attached hydrogen (secondary N) is 1. The zero-order chi connectivity index (χ0) is 13.1. The maximum absolute atomic E-state index is 11.0. The molecule has 0 aliphatic heterocycles. The molecule has 0 saturated carbocycles. The second-order valence-electron chi connectivity index (χ2n) is 3.86. The quantitative estimate of drug-likeness (QED) is 0.563. The van der Waals surface area contributed by atoms with Crippen LogP contribution in [0.25, 0.3) is 0 Å². The summed E-state index contributed by atoms with van der Waals surface area (Å²) >= 11 is 0. The molecule has 0 aliphatic rings. The van der Waals surface area contributed by atoms with E-state index in [2.05, 4.69) is 4.98 Å². The number of anilines is 1. The number of nitrogen functional groups attached to an aromatic ring is 1. The molecule has 0 amide bonds. The molecule has 1 rings (SSSR count). The average molecular weight is 256 g/mol. The lowest BCUT2D eigenvalue weighted by Gasteiger charge is -2.18. The number of rotatable bonds is 5. The second kappa shape index (κ2) is 5.13. The SMILES string of the molecule is CN(CCS(C)(=O)=O)c1ccnc(C(=N)N)c1. The third-order valence-electron chi connectivity index (χ3n) is 2.26. The van der Waals surface area contributed by atoms with Crippen LogP contribution in [-0.2, 0) is 9.84 Å². The van der Waals surface area contributed by atoms with Gasteiger partial charge in [0.2, 0.25) is 0 Å². The van der Waals surface area contributed by atoms with E-state index in [1.54, 1.807) is 30.3 Å². The highest BCUT2D eigenvalue weighted by Gasteiger charge is 2.08. The lowest BCUT2D eigenvalue weighted by Crippen LogP contribution is -2.25. The van der Waals surface area contributed by atoms with Gasteiger partial charge in [0.15, 0.2) is 0 Å². The van der Waals surface area contributed by atoms with Crippen LogP contribution in [0.4, 0.5) is 5.69 Å². The van der Waals surface area contributed by atoms with Gasteiger partial charge in [-0.15, -0.1) is 0 Å². The Bertz CT molecular complexity index is 513. The third kappa shape index (κ3) is 4.39. The molecule has 0 bridgehead atoms. The lowest BCUT2D eigenvalue weighted by molar-refractivity contribution is 0.601. The van der Waals surface area contributed by atoms with Crippen LogP contribution >= 0.6 is 0 Å². The highest BCUT2D eigenvalue weighted by molar-refractivity contribution is 7.90. The predicted molar refractivity (Wildman–Crippen MR) is 68.2 cm³/mol. The number of hydrogen-bond acceptors (Lipinski definition) is 5. The Morgan fingerprint density at radius 3 is 2.76 bits per heavy atom. The van der Waals surface area contributed by atoms with Crippen molar-refractivity contribution in [3.05, 3.63) is 24.0 Å². The Labute approximate surface area is 101 Å². The zero-order valence-corrected chi connectivity index (χ0v) is 10.7. The molecule has 6 nitrogen and oxygen atoms in total. The second-order valence-corrected chi connectivity index (χ2v) is 6.12. The minimum absolute atomic E-state index is 0.0846. The maximum atomic E-state index is 11.0. The summed E-state index contributed by atoms with van der Waals surface area (Å²) in [5, 5.41) is 7.28. The zero-order valence-electron chi connectivity index (χ0n) is 9.84. The van der Waals surface area contributed by atoms with Crippen LogP contribution in [-0.4, -0.2) is 44.8 Å². The number of nitrogens with zero attached hydrogens (tertiary/aromatic N) is 2. The molecule has 0 radical (unpaired) electrons. The van der Waals surface area contributed by atoms with Gasteiger partial charge in [-0.1, -0.05) is 0 Å². The van der Waals surface area contributed by atoms with E-state index in [1.165, 1.54) is 6.26 Å². The van der Waals surface area contributed by atoms with Gasteiger partial charge >= 0.3 is 0 Å². The van der Waals surface area contributed by atoms with Gasteiger partial charge in [-0.3, -0.25) is 10.4 Å². The van der Waals surface area contributed by atoms with Crippen LogP contribution < -0.4 is 10.6 Å². The Hall–Kier alpha value is -1.63. The van der Waals surface area contributed by atoms with E-state index >= 15 is 0 Å². The summed E-state index contributed by atoms with van der Waals surface area (Å²) in [5.41, 5.74) is 6.50. The van der Waals surface area contributed by atoms with Crippen LogP contribution in [0.2, 0.25) is 0 Å². The molecule has 1 heterocycles. The molecule has 0 spiro atoms. The van der Waals surface area contributed by atoms with E-state index in [1.807, 2.05) is 0 Å². The Balaban J connectivity index is 2.79. The van der Waals surface area contributed by atoms with Gasteiger partial charge in [0, 0.05) is 31.7 Å². The number of hydrogen-bond donors (Lipinski definition) is 2. The van der Waals surface area contributed by atoms with Crippen molar-refractivity contribution in [2.45, 2.75) is 0 Å². The molecule has 0 fully saturated rings. The highest BCUT2D eigenvalue weighted by Crippen LogP contribution is 2.12. The first-order valence-corrected chi connectivity index (χ1v) is 7.05.